The van der Waals surface area contributed by atoms with Crippen molar-refractivity contribution in [1.29, 1.82) is 0 Å². The molecule has 12 heavy (non-hydrogen) atoms. The molecule has 1 aliphatic carbocycles. The van der Waals surface area contributed by atoms with E-state index in [9.17, 15) is 0 Å². The molecular formula is C10H19IO. The van der Waals surface area contributed by atoms with Crippen molar-refractivity contribution in [3.63, 3.8) is 0 Å². The highest BCUT2D eigenvalue weighted by Crippen LogP contribution is 2.29. The van der Waals surface area contributed by atoms with Crippen LogP contribution in [0.25, 0.3) is 0 Å². The summed E-state index contributed by atoms with van der Waals surface area (Å²) in [5.41, 5.74) is 0.0876. The van der Waals surface area contributed by atoms with Gasteiger partial charge in [0, 0.05) is 11.0 Å². The quantitative estimate of drug-likeness (QED) is 0.554. The maximum Gasteiger partial charge on any atom is 0.0715 e. The van der Waals surface area contributed by atoms with Crippen LogP contribution in [-0.4, -0.2) is 16.6 Å². The zero-order valence-electron chi connectivity index (χ0n) is 8.11. The Hall–Kier alpha value is 0.690. The van der Waals surface area contributed by atoms with Gasteiger partial charge in [-0.1, -0.05) is 41.9 Å². The van der Waals surface area contributed by atoms with Gasteiger partial charge in [-0.2, -0.15) is 0 Å². The van der Waals surface area contributed by atoms with Gasteiger partial charge in [0.25, 0.3) is 0 Å². The lowest BCUT2D eigenvalue weighted by Crippen LogP contribution is -2.27. The van der Waals surface area contributed by atoms with Crippen molar-refractivity contribution in [1.82, 2.24) is 0 Å². The fourth-order valence-corrected chi connectivity index (χ4v) is 1.54. The molecule has 0 saturated heterocycles. The summed E-state index contributed by atoms with van der Waals surface area (Å²) >= 11 is 2.39. The average Bonchev–Trinajstić information content (AvgIpc) is 1.95. The van der Waals surface area contributed by atoms with Gasteiger partial charge in [0.15, 0.2) is 0 Å². The van der Waals surface area contributed by atoms with Crippen LogP contribution >= 0.6 is 22.6 Å². The Morgan fingerprint density at radius 1 is 1.42 bits per heavy atom. The van der Waals surface area contributed by atoms with Crippen LogP contribution in [0.5, 0.6) is 0 Å². The number of rotatable bonds is 5. The number of alkyl halides is 1. The molecule has 0 unspecified atom stereocenters. The van der Waals surface area contributed by atoms with Crippen LogP contribution in [0.1, 0.15) is 39.5 Å². The van der Waals surface area contributed by atoms with Crippen LogP contribution in [0, 0.1) is 5.92 Å². The molecule has 0 radical (unpaired) electrons. The number of ether oxygens (including phenoxy) is 1. The predicted molar refractivity (Wildman–Crippen MR) is 60.9 cm³/mol. The highest BCUT2D eigenvalue weighted by Gasteiger charge is 2.20. The lowest BCUT2D eigenvalue weighted by atomic mass is 9.83. The first kappa shape index (κ1) is 10.8. The Bertz CT molecular complexity index is 130. The second-order valence-electron chi connectivity index (χ2n) is 4.33. The topological polar surface area (TPSA) is 9.23 Å². The van der Waals surface area contributed by atoms with E-state index in [0.29, 0.717) is 0 Å². The molecular weight excluding hydrogens is 263 g/mol. The molecule has 0 amide bonds. The largest absolute Gasteiger partial charge is 0.375 e. The number of hydrogen-bond donors (Lipinski definition) is 0. The zero-order chi connectivity index (χ0) is 9.03. The summed E-state index contributed by atoms with van der Waals surface area (Å²) in [4.78, 5) is 0. The fraction of sp³-hybridized carbons (Fsp3) is 1.00. The van der Waals surface area contributed by atoms with Crippen molar-refractivity contribution < 1.29 is 4.74 Å². The minimum Gasteiger partial charge on any atom is -0.375 e. The van der Waals surface area contributed by atoms with Gasteiger partial charge in [0.1, 0.15) is 0 Å². The van der Waals surface area contributed by atoms with Crippen LogP contribution in [0.15, 0.2) is 0 Å². The highest BCUT2D eigenvalue weighted by molar-refractivity contribution is 14.1. The van der Waals surface area contributed by atoms with Crippen molar-refractivity contribution in [3.8, 4) is 0 Å². The van der Waals surface area contributed by atoms with E-state index in [1.54, 1.807) is 0 Å². The standard InChI is InChI=1S/C10H19IO/c1-10(2,8-11)12-7-6-9-4-3-5-9/h9H,3-8H2,1-2H3. The maximum atomic E-state index is 5.78. The van der Waals surface area contributed by atoms with Crippen LogP contribution in [0.4, 0.5) is 0 Å². The lowest BCUT2D eigenvalue weighted by Gasteiger charge is -2.28. The summed E-state index contributed by atoms with van der Waals surface area (Å²) in [6, 6.07) is 0. The van der Waals surface area contributed by atoms with E-state index < -0.39 is 0 Å². The van der Waals surface area contributed by atoms with Gasteiger partial charge in [-0.3, -0.25) is 0 Å². The summed E-state index contributed by atoms with van der Waals surface area (Å²) in [5.74, 6) is 0.981. The van der Waals surface area contributed by atoms with E-state index >= 15 is 0 Å². The molecule has 0 aromatic rings. The SMILES string of the molecule is CC(C)(CI)OCCC1CCC1. The molecule has 1 aliphatic rings. The van der Waals surface area contributed by atoms with Gasteiger partial charge in [-0.25, -0.2) is 0 Å². The molecule has 0 N–H and O–H groups in total. The van der Waals surface area contributed by atoms with Gasteiger partial charge < -0.3 is 4.74 Å². The maximum absolute atomic E-state index is 5.78. The Labute approximate surface area is 89.4 Å². The Kier molecular flexibility index (Phi) is 4.30. The second-order valence-corrected chi connectivity index (χ2v) is 5.09. The molecule has 0 aromatic carbocycles. The first-order valence-corrected chi connectivity index (χ1v) is 6.36. The van der Waals surface area contributed by atoms with E-state index in [0.717, 1.165) is 17.0 Å². The minimum atomic E-state index is 0.0876. The first-order chi connectivity index (χ1) is 5.64. The Morgan fingerprint density at radius 3 is 2.50 bits per heavy atom. The monoisotopic (exact) mass is 282 g/mol. The normalized spacial score (nSPS) is 19.2. The van der Waals surface area contributed by atoms with Crippen molar-refractivity contribution in [2.45, 2.75) is 45.1 Å². The third-order valence-electron chi connectivity index (χ3n) is 2.57. The van der Waals surface area contributed by atoms with Crippen molar-refractivity contribution >= 4 is 22.6 Å². The van der Waals surface area contributed by atoms with E-state index in [1.807, 2.05) is 0 Å². The molecule has 1 fully saturated rings. The molecule has 0 spiro atoms. The minimum absolute atomic E-state index is 0.0876. The third-order valence-corrected chi connectivity index (χ3v) is 4.40. The molecule has 0 aromatic heterocycles. The van der Waals surface area contributed by atoms with Crippen LogP contribution in [0.3, 0.4) is 0 Å². The molecule has 1 nitrogen and oxygen atoms in total. The van der Waals surface area contributed by atoms with Crippen LogP contribution in [-0.2, 0) is 4.74 Å². The summed E-state index contributed by atoms with van der Waals surface area (Å²) < 4.78 is 6.86. The van der Waals surface area contributed by atoms with Crippen LogP contribution < -0.4 is 0 Å². The lowest BCUT2D eigenvalue weighted by molar-refractivity contribution is -0.00780. The van der Waals surface area contributed by atoms with Gasteiger partial charge in [-0.05, 0) is 26.2 Å². The smallest absolute Gasteiger partial charge is 0.0715 e. The van der Waals surface area contributed by atoms with Crippen LogP contribution in [0.2, 0.25) is 0 Å². The van der Waals surface area contributed by atoms with Crippen molar-refractivity contribution in [2.75, 3.05) is 11.0 Å². The summed E-state index contributed by atoms with van der Waals surface area (Å²) in [5, 5.41) is 0. The first-order valence-electron chi connectivity index (χ1n) is 4.84. The zero-order valence-corrected chi connectivity index (χ0v) is 10.3. The number of hydrogen-bond acceptors (Lipinski definition) is 1. The van der Waals surface area contributed by atoms with Gasteiger partial charge in [0.05, 0.1) is 5.60 Å². The number of halogens is 1. The molecule has 2 heteroatoms. The highest BCUT2D eigenvalue weighted by atomic mass is 127. The van der Waals surface area contributed by atoms with E-state index in [-0.39, 0.29) is 5.60 Å². The second kappa shape index (κ2) is 4.80. The summed E-state index contributed by atoms with van der Waals surface area (Å²) in [7, 11) is 0. The third kappa shape index (κ3) is 3.60. The predicted octanol–water partition coefficient (Wildman–Crippen LogP) is 3.41. The molecule has 1 rings (SSSR count). The Balaban J connectivity index is 2.00. The molecule has 1 saturated carbocycles. The molecule has 72 valence electrons. The molecule has 0 bridgehead atoms. The van der Waals surface area contributed by atoms with E-state index in [2.05, 4.69) is 36.4 Å². The van der Waals surface area contributed by atoms with E-state index in [4.69, 9.17) is 4.74 Å². The van der Waals surface area contributed by atoms with Crippen molar-refractivity contribution in [2.24, 2.45) is 5.92 Å². The van der Waals surface area contributed by atoms with Gasteiger partial charge in [-0.15, -0.1) is 0 Å². The van der Waals surface area contributed by atoms with E-state index in [1.165, 1.54) is 25.7 Å². The van der Waals surface area contributed by atoms with Crippen molar-refractivity contribution in [3.05, 3.63) is 0 Å². The van der Waals surface area contributed by atoms with Gasteiger partial charge in [0.2, 0.25) is 0 Å². The molecule has 0 aliphatic heterocycles. The molecule has 0 atom stereocenters. The summed E-state index contributed by atoms with van der Waals surface area (Å²) in [6.07, 6.45) is 5.60. The molecule has 0 heterocycles. The van der Waals surface area contributed by atoms with Gasteiger partial charge >= 0.3 is 0 Å². The summed E-state index contributed by atoms with van der Waals surface area (Å²) in [6.45, 7) is 5.29. The average molecular weight is 282 g/mol. The fourth-order valence-electron chi connectivity index (χ4n) is 1.32. The Morgan fingerprint density at radius 2 is 2.08 bits per heavy atom.